The molecule has 0 unspecified atom stereocenters. The SMILES string of the molecule is CS(=O)(=O)c1ccccc1Cc1cnc(N)nc1N. The smallest absolute Gasteiger partial charge is 0.221 e. The van der Waals surface area contributed by atoms with E-state index in [-0.39, 0.29) is 16.7 Å². The van der Waals surface area contributed by atoms with Crippen LogP contribution >= 0.6 is 0 Å². The molecule has 7 heteroatoms. The molecule has 2 rings (SSSR count). The summed E-state index contributed by atoms with van der Waals surface area (Å²) >= 11 is 0. The van der Waals surface area contributed by atoms with E-state index in [1.807, 2.05) is 0 Å². The summed E-state index contributed by atoms with van der Waals surface area (Å²) in [5, 5.41) is 0. The van der Waals surface area contributed by atoms with E-state index in [1.54, 1.807) is 24.3 Å². The van der Waals surface area contributed by atoms with Gasteiger partial charge in [0, 0.05) is 24.4 Å². The molecule has 0 aliphatic heterocycles. The van der Waals surface area contributed by atoms with E-state index in [0.717, 1.165) is 0 Å². The number of aromatic nitrogens is 2. The summed E-state index contributed by atoms with van der Waals surface area (Å²) in [5.74, 6) is 0.355. The molecule has 100 valence electrons. The first-order valence-electron chi connectivity index (χ1n) is 5.53. The zero-order valence-corrected chi connectivity index (χ0v) is 11.2. The Hall–Kier alpha value is -2.15. The van der Waals surface area contributed by atoms with Crippen molar-refractivity contribution in [1.82, 2.24) is 9.97 Å². The van der Waals surface area contributed by atoms with Gasteiger partial charge in [-0.1, -0.05) is 18.2 Å². The molecule has 1 aromatic carbocycles. The molecular weight excluding hydrogens is 264 g/mol. The van der Waals surface area contributed by atoms with Crippen LogP contribution in [0.25, 0.3) is 0 Å². The van der Waals surface area contributed by atoms with Crippen molar-refractivity contribution in [2.45, 2.75) is 11.3 Å². The fourth-order valence-corrected chi connectivity index (χ4v) is 2.73. The third kappa shape index (κ3) is 3.00. The van der Waals surface area contributed by atoms with Crippen LogP contribution in [0.4, 0.5) is 11.8 Å². The van der Waals surface area contributed by atoms with Crippen molar-refractivity contribution in [3.8, 4) is 0 Å². The number of anilines is 2. The van der Waals surface area contributed by atoms with Crippen LogP contribution in [-0.4, -0.2) is 24.6 Å². The first-order chi connectivity index (χ1) is 8.88. The molecule has 0 spiro atoms. The number of nitrogen functional groups attached to an aromatic ring is 2. The molecule has 0 radical (unpaired) electrons. The van der Waals surface area contributed by atoms with E-state index in [2.05, 4.69) is 9.97 Å². The summed E-state index contributed by atoms with van der Waals surface area (Å²) < 4.78 is 23.4. The largest absolute Gasteiger partial charge is 0.383 e. The maximum absolute atomic E-state index is 11.7. The van der Waals surface area contributed by atoms with Crippen LogP contribution in [0.15, 0.2) is 35.4 Å². The second-order valence-electron chi connectivity index (χ2n) is 4.20. The second kappa shape index (κ2) is 4.85. The van der Waals surface area contributed by atoms with Crippen LogP contribution in [-0.2, 0) is 16.3 Å². The quantitative estimate of drug-likeness (QED) is 0.851. The lowest BCUT2D eigenvalue weighted by Gasteiger charge is -2.09. The highest BCUT2D eigenvalue weighted by atomic mass is 32.2. The number of nitrogens with zero attached hydrogens (tertiary/aromatic N) is 2. The number of hydrogen-bond donors (Lipinski definition) is 2. The summed E-state index contributed by atoms with van der Waals surface area (Å²) in [7, 11) is -3.28. The molecule has 0 aliphatic rings. The molecular formula is C12H14N4O2S. The highest BCUT2D eigenvalue weighted by molar-refractivity contribution is 7.90. The average Bonchev–Trinajstić information content (AvgIpc) is 2.32. The van der Waals surface area contributed by atoms with Crippen LogP contribution in [0.5, 0.6) is 0 Å². The Balaban J connectivity index is 2.44. The predicted octanol–water partition coefficient (Wildman–Crippen LogP) is 0.635. The van der Waals surface area contributed by atoms with Gasteiger partial charge in [0.2, 0.25) is 5.95 Å². The number of benzene rings is 1. The minimum absolute atomic E-state index is 0.0950. The topological polar surface area (TPSA) is 112 Å². The highest BCUT2D eigenvalue weighted by Gasteiger charge is 2.14. The van der Waals surface area contributed by atoms with E-state index in [9.17, 15) is 8.42 Å². The van der Waals surface area contributed by atoms with E-state index >= 15 is 0 Å². The molecule has 0 atom stereocenters. The van der Waals surface area contributed by atoms with Gasteiger partial charge >= 0.3 is 0 Å². The van der Waals surface area contributed by atoms with Crippen molar-refractivity contribution in [3.05, 3.63) is 41.6 Å². The lowest BCUT2D eigenvalue weighted by molar-refractivity contribution is 0.601. The standard InChI is InChI=1S/C12H14N4O2S/c1-19(17,18)10-5-3-2-4-8(10)6-9-7-15-12(14)16-11(9)13/h2-5,7H,6H2,1H3,(H4,13,14,15,16). The average molecular weight is 278 g/mol. The molecule has 0 bridgehead atoms. The summed E-state index contributed by atoms with van der Waals surface area (Å²) in [6, 6.07) is 6.77. The molecule has 19 heavy (non-hydrogen) atoms. The van der Waals surface area contributed by atoms with Crippen molar-refractivity contribution in [1.29, 1.82) is 0 Å². The van der Waals surface area contributed by atoms with E-state index < -0.39 is 9.84 Å². The van der Waals surface area contributed by atoms with Gasteiger partial charge in [-0.05, 0) is 11.6 Å². The summed E-state index contributed by atoms with van der Waals surface area (Å²) in [6.07, 6.45) is 3.03. The first-order valence-corrected chi connectivity index (χ1v) is 7.42. The Morgan fingerprint density at radius 2 is 1.84 bits per heavy atom. The fraction of sp³-hybridized carbons (Fsp3) is 0.167. The minimum Gasteiger partial charge on any atom is -0.383 e. The molecule has 0 fully saturated rings. The van der Waals surface area contributed by atoms with Gasteiger partial charge in [-0.2, -0.15) is 4.98 Å². The summed E-state index contributed by atoms with van der Waals surface area (Å²) in [6.45, 7) is 0. The molecule has 0 aliphatic carbocycles. The van der Waals surface area contributed by atoms with Gasteiger partial charge in [0.15, 0.2) is 9.84 Å². The molecule has 0 amide bonds. The highest BCUT2D eigenvalue weighted by Crippen LogP contribution is 2.21. The normalized spacial score (nSPS) is 11.4. The van der Waals surface area contributed by atoms with E-state index in [4.69, 9.17) is 11.5 Å². The van der Waals surface area contributed by atoms with Gasteiger partial charge in [-0.25, -0.2) is 13.4 Å². The maximum atomic E-state index is 11.7. The molecule has 4 N–H and O–H groups in total. The van der Waals surface area contributed by atoms with Gasteiger partial charge in [0.1, 0.15) is 5.82 Å². The third-order valence-corrected chi connectivity index (χ3v) is 3.87. The Morgan fingerprint density at radius 3 is 2.47 bits per heavy atom. The van der Waals surface area contributed by atoms with Gasteiger partial charge in [-0.3, -0.25) is 0 Å². The molecule has 2 aromatic rings. The van der Waals surface area contributed by atoms with Crippen molar-refractivity contribution < 1.29 is 8.42 Å². The number of rotatable bonds is 3. The molecule has 1 aromatic heterocycles. The van der Waals surface area contributed by atoms with Crippen LogP contribution in [0.2, 0.25) is 0 Å². The fourth-order valence-electron chi connectivity index (χ4n) is 1.79. The Kier molecular flexibility index (Phi) is 3.39. The maximum Gasteiger partial charge on any atom is 0.221 e. The van der Waals surface area contributed by atoms with Gasteiger partial charge < -0.3 is 11.5 Å². The van der Waals surface area contributed by atoms with Crippen molar-refractivity contribution in [2.75, 3.05) is 17.7 Å². The van der Waals surface area contributed by atoms with E-state index in [1.165, 1.54) is 12.5 Å². The Bertz CT molecular complexity index is 713. The zero-order chi connectivity index (χ0) is 14.0. The van der Waals surface area contributed by atoms with Gasteiger partial charge in [-0.15, -0.1) is 0 Å². The van der Waals surface area contributed by atoms with Crippen molar-refractivity contribution >= 4 is 21.6 Å². The van der Waals surface area contributed by atoms with Gasteiger partial charge in [0.05, 0.1) is 4.90 Å². The lowest BCUT2D eigenvalue weighted by atomic mass is 10.1. The third-order valence-electron chi connectivity index (χ3n) is 2.67. The van der Waals surface area contributed by atoms with Gasteiger partial charge in [0.25, 0.3) is 0 Å². The summed E-state index contributed by atoms with van der Waals surface area (Å²) in [5.41, 5.74) is 12.5. The Morgan fingerprint density at radius 1 is 1.16 bits per heavy atom. The van der Waals surface area contributed by atoms with Crippen LogP contribution in [0.3, 0.4) is 0 Å². The Labute approximate surface area is 111 Å². The zero-order valence-electron chi connectivity index (χ0n) is 10.4. The second-order valence-corrected chi connectivity index (χ2v) is 6.18. The number of sulfone groups is 1. The summed E-state index contributed by atoms with van der Waals surface area (Å²) in [4.78, 5) is 8.01. The lowest BCUT2D eigenvalue weighted by Crippen LogP contribution is -2.07. The van der Waals surface area contributed by atoms with E-state index in [0.29, 0.717) is 17.5 Å². The van der Waals surface area contributed by atoms with Crippen LogP contribution in [0, 0.1) is 0 Å². The molecule has 6 nitrogen and oxygen atoms in total. The van der Waals surface area contributed by atoms with Crippen molar-refractivity contribution in [3.63, 3.8) is 0 Å². The molecule has 1 heterocycles. The molecule has 0 saturated carbocycles. The molecule has 0 saturated heterocycles. The van der Waals surface area contributed by atoms with Crippen LogP contribution in [0.1, 0.15) is 11.1 Å². The van der Waals surface area contributed by atoms with Crippen LogP contribution < -0.4 is 11.5 Å². The number of nitrogens with two attached hydrogens (primary N) is 2. The first kappa shape index (κ1) is 13.3. The van der Waals surface area contributed by atoms with Crippen molar-refractivity contribution in [2.24, 2.45) is 0 Å². The number of hydrogen-bond acceptors (Lipinski definition) is 6. The minimum atomic E-state index is -3.28. The predicted molar refractivity (Wildman–Crippen MR) is 73.2 cm³/mol. The monoisotopic (exact) mass is 278 g/mol.